The van der Waals surface area contributed by atoms with E-state index in [2.05, 4.69) is 0 Å². The number of para-hydroxylation sites is 1. The van der Waals surface area contributed by atoms with Crippen molar-refractivity contribution in [2.24, 2.45) is 29.6 Å². The maximum atomic E-state index is 13.8. The Hall–Kier alpha value is -4.22. The first-order chi connectivity index (χ1) is 20.1. The van der Waals surface area contributed by atoms with Gasteiger partial charge in [-0.1, -0.05) is 23.8 Å². The number of ether oxygens (including phenoxy) is 1. The molecule has 2 aliphatic heterocycles. The Morgan fingerprint density at radius 3 is 2.05 bits per heavy atom. The molecule has 0 spiro atoms. The molecule has 12 nitrogen and oxygen atoms in total. The standard InChI is InChI=1S/C30H34N2O10/c1-2-42-20-7-3-6-16(26(20)37)23-15-10-11-17-24(29(40)31(27(17)38)12-4-8-21(33)34)18(15)14-19-25(23)30(41)32(28(19)39)13-5-9-22(35)36/h3,6-7,10,17-19,23-25,37H,2,4-5,8-9,11-14H2,1H3,(H,33,34)(H,35,36)/t17-,18+,19+,23+,24-,25+/m0/s1. The summed E-state index contributed by atoms with van der Waals surface area (Å²) >= 11 is 0. The van der Waals surface area contributed by atoms with Gasteiger partial charge in [-0.15, -0.1) is 0 Å². The molecule has 0 radical (unpaired) electrons. The van der Waals surface area contributed by atoms with Gasteiger partial charge in [-0.05, 0) is 44.6 Å². The number of allylic oxidation sites excluding steroid dienone is 2. The lowest BCUT2D eigenvalue weighted by Crippen LogP contribution is -2.43. The van der Waals surface area contributed by atoms with Gasteiger partial charge in [0, 0.05) is 37.4 Å². The van der Waals surface area contributed by atoms with Crippen LogP contribution in [0.1, 0.15) is 56.9 Å². The monoisotopic (exact) mass is 582 g/mol. The van der Waals surface area contributed by atoms with Crippen LogP contribution in [0.5, 0.6) is 11.5 Å². The second-order valence-electron chi connectivity index (χ2n) is 11.3. The number of carbonyl (C=O) groups excluding carboxylic acids is 4. The molecule has 3 fully saturated rings. The van der Waals surface area contributed by atoms with Crippen molar-refractivity contribution in [3.63, 3.8) is 0 Å². The predicted molar refractivity (Wildman–Crippen MR) is 144 cm³/mol. The molecule has 4 aliphatic rings. The van der Waals surface area contributed by atoms with Crippen LogP contribution in [0.3, 0.4) is 0 Å². The van der Waals surface area contributed by atoms with Gasteiger partial charge in [-0.2, -0.15) is 0 Å². The van der Waals surface area contributed by atoms with Crippen LogP contribution in [0.15, 0.2) is 29.8 Å². The van der Waals surface area contributed by atoms with Gasteiger partial charge in [0.15, 0.2) is 11.5 Å². The van der Waals surface area contributed by atoms with Crippen LogP contribution in [0.25, 0.3) is 0 Å². The van der Waals surface area contributed by atoms with Crippen molar-refractivity contribution in [2.45, 2.75) is 51.4 Å². The normalized spacial score (nSPS) is 28.4. The summed E-state index contributed by atoms with van der Waals surface area (Å²) in [5, 5.41) is 29.3. The number of fused-ring (bicyclic) bond motifs is 4. The minimum atomic E-state index is -1.04. The molecule has 2 saturated heterocycles. The van der Waals surface area contributed by atoms with Gasteiger partial charge < -0.3 is 20.1 Å². The van der Waals surface area contributed by atoms with E-state index in [0.717, 1.165) is 9.80 Å². The summed E-state index contributed by atoms with van der Waals surface area (Å²) in [5.74, 6) is -8.14. The number of phenols is 1. The summed E-state index contributed by atoms with van der Waals surface area (Å²) in [7, 11) is 0. The zero-order chi connectivity index (χ0) is 30.3. The Kier molecular flexibility index (Phi) is 8.07. The molecule has 0 bridgehead atoms. The molecule has 2 aliphatic carbocycles. The van der Waals surface area contributed by atoms with E-state index in [1.807, 2.05) is 6.08 Å². The molecular weight excluding hydrogens is 548 g/mol. The third-order valence-corrected chi connectivity index (χ3v) is 9.04. The van der Waals surface area contributed by atoms with Crippen LogP contribution in [0.2, 0.25) is 0 Å². The zero-order valence-corrected chi connectivity index (χ0v) is 23.2. The third-order valence-electron chi connectivity index (χ3n) is 9.04. The first-order valence-electron chi connectivity index (χ1n) is 14.3. The van der Waals surface area contributed by atoms with Crippen molar-refractivity contribution in [2.75, 3.05) is 19.7 Å². The lowest BCUT2D eigenvalue weighted by molar-refractivity contribution is -0.143. The SMILES string of the molecule is CCOc1cccc([C@H]2C3=CC[C@@H]4C(=O)N(CCCC(=O)O)C(=O)[C@@H]4[C@@H]3C[C@H]3C(=O)N(CCCC(=O)O)C(=O)[C@@H]23)c1O. The van der Waals surface area contributed by atoms with E-state index in [1.54, 1.807) is 25.1 Å². The van der Waals surface area contributed by atoms with Gasteiger partial charge in [0.05, 0.1) is 30.3 Å². The molecule has 0 unspecified atom stereocenters. The highest BCUT2D eigenvalue weighted by Crippen LogP contribution is 2.59. The van der Waals surface area contributed by atoms with Crippen molar-refractivity contribution in [3.05, 3.63) is 35.4 Å². The molecule has 1 aromatic rings. The number of carbonyl (C=O) groups is 6. The minimum absolute atomic E-state index is 0.0134. The fourth-order valence-corrected chi connectivity index (χ4v) is 7.35. The predicted octanol–water partition coefficient (Wildman–Crippen LogP) is 2.16. The summed E-state index contributed by atoms with van der Waals surface area (Å²) in [6.07, 6.45) is 2.07. The lowest BCUT2D eigenvalue weighted by atomic mass is 9.57. The van der Waals surface area contributed by atoms with Crippen LogP contribution in [0.4, 0.5) is 0 Å². The highest BCUT2D eigenvalue weighted by atomic mass is 16.5. The molecular formula is C30H34N2O10. The second kappa shape index (κ2) is 11.6. The second-order valence-corrected chi connectivity index (χ2v) is 11.3. The van der Waals surface area contributed by atoms with Crippen molar-refractivity contribution < 1.29 is 48.8 Å². The third kappa shape index (κ3) is 4.92. The van der Waals surface area contributed by atoms with Crippen molar-refractivity contribution in [1.29, 1.82) is 0 Å². The van der Waals surface area contributed by atoms with Gasteiger partial charge in [0.25, 0.3) is 0 Å². The van der Waals surface area contributed by atoms with Crippen molar-refractivity contribution in [3.8, 4) is 11.5 Å². The fraction of sp³-hybridized carbons (Fsp3) is 0.533. The number of benzene rings is 1. The van der Waals surface area contributed by atoms with Crippen molar-refractivity contribution >= 4 is 35.6 Å². The van der Waals surface area contributed by atoms with E-state index in [1.165, 1.54) is 0 Å². The number of aromatic hydroxyl groups is 1. The first kappa shape index (κ1) is 29.3. The van der Waals surface area contributed by atoms with Gasteiger partial charge in [0.2, 0.25) is 23.6 Å². The number of likely N-dealkylation sites (tertiary alicyclic amines) is 2. The quantitative estimate of drug-likeness (QED) is 0.259. The van der Waals surface area contributed by atoms with Gasteiger partial charge in [0.1, 0.15) is 0 Å². The topological polar surface area (TPSA) is 179 Å². The number of aliphatic carboxylic acids is 2. The Balaban J connectivity index is 1.54. The molecule has 2 heterocycles. The Bertz CT molecular complexity index is 1370. The Morgan fingerprint density at radius 1 is 0.857 bits per heavy atom. The molecule has 1 aromatic carbocycles. The molecule has 6 atom stereocenters. The number of carboxylic acid groups (broad SMARTS) is 2. The van der Waals surface area contributed by atoms with Crippen LogP contribution >= 0.6 is 0 Å². The molecule has 12 heteroatoms. The summed E-state index contributed by atoms with van der Waals surface area (Å²) in [5.41, 5.74) is 1.09. The number of hydrogen-bond donors (Lipinski definition) is 3. The Labute approximate surface area is 241 Å². The zero-order valence-electron chi connectivity index (χ0n) is 23.2. The van der Waals surface area contributed by atoms with Crippen LogP contribution in [-0.2, 0) is 28.8 Å². The number of carboxylic acids is 2. The van der Waals surface area contributed by atoms with Gasteiger partial charge >= 0.3 is 11.9 Å². The largest absolute Gasteiger partial charge is 0.504 e. The summed E-state index contributed by atoms with van der Waals surface area (Å²) in [4.78, 5) is 78.8. The highest BCUT2D eigenvalue weighted by Gasteiger charge is 2.62. The van der Waals surface area contributed by atoms with Crippen molar-refractivity contribution in [1.82, 2.24) is 9.80 Å². The number of nitrogens with zero attached hydrogens (tertiary/aromatic N) is 2. The number of rotatable bonds is 11. The first-order valence-corrected chi connectivity index (χ1v) is 14.3. The maximum Gasteiger partial charge on any atom is 0.303 e. The van der Waals surface area contributed by atoms with E-state index in [-0.39, 0.29) is 75.6 Å². The van der Waals surface area contributed by atoms with Crippen LogP contribution in [0, 0.1) is 29.6 Å². The summed E-state index contributed by atoms with van der Waals surface area (Å²) in [6.45, 7) is 1.98. The number of imide groups is 2. The molecule has 5 rings (SSSR count). The number of phenolic OH excluding ortho intramolecular Hbond substituents is 1. The molecule has 4 amide bonds. The van der Waals surface area contributed by atoms with E-state index in [4.69, 9.17) is 14.9 Å². The molecule has 0 aromatic heterocycles. The maximum absolute atomic E-state index is 13.8. The van der Waals surface area contributed by atoms with E-state index in [0.29, 0.717) is 11.1 Å². The van der Waals surface area contributed by atoms with Gasteiger partial charge in [-0.3, -0.25) is 38.6 Å². The molecule has 3 N–H and O–H groups in total. The smallest absolute Gasteiger partial charge is 0.303 e. The van der Waals surface area contributed by atoms with Crippen LogP contribution < -0.4 is 4.74 Å². The Morgan fingerprint density at radius 2 is 1.45 bits per heavy atom. The molecule has 42 heavy (non-hydrogen) atoms. The number of hydrogen-bond acceptors (Lipinski definition) is 8. The van der Waals surface area contributed by atoms with E-state index in [9.17, 15) is 33.9 Å². The number of amides is 4. The lowest BCUT2D eigenvalue weighted by Gasteiger charge is -2.44. The molecule has 224 valence electrons. The molecule has 1 saturated carbocycles. The highest BCUT2D eigenvalue weighted by molar-refractivity contribution is 6.08. The van der Waals surface area contributed by atoms with E-state index < -0.39 is 65.2 Å². The van der Waals surface area contributed by atoms with Gasteiger partial charge in [-0.25, -0.2) is 0 Å². The van der Waals surface area contributed by atoms with Crippen LogP contribution in [-0.4, -0.2) is 80.4 Å². The average Bonchev–Trinajstić information content (AvgIpc) is 3.33. The minimum Gasteiger partial charge on any atom is -0.504 e. The fourth-order valence-electron chi connectivity index (χ4n) is 7.35. The summed E-state index contributed by atoms with van der Waals surface area (Å²) < 4.78 is 5.59. The average molecular weight is 583 g/mol. The van der Waals surface area contributed by atoms with E-state index >= 15 is 0 Å². The summed E-state index contributed by atoms with van der Waals surface area (Å²) in [6, 6.07) is 4.95.